The lowest BCUT2D eigenvalue weighted by molar-refractivity contribution is -0.146. The van der Waals surface area contributed by atoms with E-state index in [9.17, 15) is 14.0 Å². The van der Waals surface area contributed by atoms with Gasteiger partial charge in [0.15, 0.2) is 11.6 Å². The third kappa shape index (κ3) is 4.61. The first kappa shape index (κ1) is 16.6. The molecule has 2 rings (SSSR count). The van der Waals surface area contributed by atoms with Crippen LogP contribution in [-0.4, -0.2) is 37.2 Å². The topological polar surface area (TPSA) is 64.6 Å². The van der Waals surface area contributed by atoms with Crippen LogP contribution in [0.15, 0.2) is 24.3 Å². The van der Waals surface area contributed by atoms with Gasteiger partial charge in [0.05, 0.1) is 18.8 Å². The smallest absolute Gasteiger partial charge is 0.220 e. The molecular weight excluding hydrogens is 289 g/mol. The number of hydrogen-bond donors (Lipinski definition) is 1. The first-order valence-corrected chi connectivity index (χ1v) is 7.32. The van der Waals surface area contributed by atoms with Crippen LogP contribution in [0.3, 0.4) is 0 Å². The van der Waals surface area contributed by atoms with Crippen molar-refractivity contribution in [1.82, 2.24) is 5.32 Å². The SMILES string of the molecule is CC1(CCNC(=O)CCC(=O)c2ccccc2F)OCCO1. The molecule has 0 saturated carbocycles. The predicted octanol–water partition coefficient (Wildman–Crippen LogP) is 2.06. The van der Waals surface area contributed by atoms with E-state index in [4.69, 9.17) is 9.47 Å². The van der Waals surface area contributed by atoms with Crippen molar-refractivity contribution >= 4 is 11.7 Å². The molecule has 1 fully saturated rings. The van der Waals surface area contributed by atoms with Gasteiger partial charge in [-0.3, -0.25) is 9.59 Å². The highest BCUT2D eigenvalue weighted by Gasteiger charge is 2.30. The van der Waals surface area contributed by atoms with E-state index in [1.165, 1.54) is 18.2 Å². The maximum absolute atomic E-state index is 13.4. The fourth-order valence-corrected chi connectivity index (χ4v) is 2.27. The van der Waals surface area contributed by atoms with Crippen molar-refractivity contribution in [3.8, 4) is 0 Å². The summed E-state index contributed by atoms with van der Waals surface area (Å²) in [6.45, 7) is 3.35. The van der Waals surface area contributed by atoms with Gasteiger partial charge in [-0.2, -0.15) is 0 Å². The number of ketones is 1. The standard InChI is InChI=1S/C16H20FNO4/c1-16(21-10-11-22-16)8-9-18-15(20)7-6-14(19)12-4-2-3-5-13(12)17/h2-5H,6-11H2,1H3,(H,18,20). The minimum absolute atomic E-state index is 0.0168. The van der Waals surface area contributed by atoms with Gasteiger partial charge in [-0.1, -0.05) is 12.1 Å². The molecule has 1 saturated heterocycles. The normalized spacial score (nSPS) is 16.5. The van der Waals surface area contributed by atoms with Crippen molar-refractivity contribution in [3.05, 3.63) is 35.6 Å². The Morgan fingerprint density at radius 1 is 1.23 bits per heavy atom. The van der Waals surface area contributed by atoms with E-state index in [0.717, 1.165) is 0 Å². The fraction of sp³-hybridized carbons (Fsp3) is 0.500. The van der Waals surface area contributed by atoms with Crippen LogP contribution in [0.2, 0.25) is 0 Å². The molecule has 1 aliphatic rings. The van der Waals surface area contributed by atoms with E-state index in [-0.39, 0.29) is 30.1 Å². The summed E-state index contributed by atoms with van der Waals surface area (Å²) in [6.07, 6.45) is 0.558. The number of Topliss-reactive ketones (excluding diaryl/α,β-unsaturated/α-hetero) is 1. The molecule has 22 heavy (non-hydrogen) atoms. The lowest BCUT2D eigenvalue weighted by Gasteiger charge is -2.22. The fourth-order valence-electron chi connectivity index (χ4n) is 2.27. The maximum atomic E-state index is 13.4. The van der Waals surface area contributed by atoms with Gasteiger partial charge in [0.1, 0.15) is 5.82 Å². The van der Waals surface area contributed by atoms with Crippen molar-refractivity contribution in [1.29, 1.82) is 0 Å². The second-order valence-electron chi connectivity index (χ2n) is 5.33. The lowest BCUT2D eigenvalue weighted by Crippen LogP contribution is -2.33. The van der Waals surface area contributed by atoms with E-state index >= 15 is 0 Å². The molecule has 0 aliphatic carbocycles. The van der Waals surface area contributed by atoms with Crippen molar-refractivity contribution in [2.24, 2.45) is 0 Å². The van der Waals surface area contributed by atoms with Crippen LogP contribution < -0.4 is 5.32 Å². The van der Waals surface area contributed by atoms with Gasteiger partial charge in [-0.25, -0.2) is 4.39 Å². The van der Waals surface area contributed by atoms with Gasteiger partial charge >= 0.3 is 0 Å². The first-order valence-electron chi connectivity index (χ1n) is 7.32. The van der Waals surface area contributed by atoms with Gasteiger partial charge in [0.25, 0.3) is 0 Å². The Balaban J connectivity index is 1.69. The second kappa shape index (κ2) is 7.47. The molecule has 1 aromatic rings. The quantitative estimate of drug-likeness (QED) is 0.783. The zero-order valence-electron chi connectivity index (χ0n) is 12.6. The van der Waals surface area contributed by atoms with Crippen LogP contribution in [0.4, 0.5) is 4.39 Å². The number of benzene rings is 1. The van der Waals surface area contributed by atoms with Crippen LogP contribution in [-0.2, 0) is 14.3 Å². The highest BCUT2D eigenvalue weighted by Crippen LogP contribution is 2.21. The molecule has 0 radical (unpaired) electrons. The van der Waals surface area contributed by atoms with E-state index < -0.39 is 11.6 Å². The molecule has 1 aliphatic heterocycles. The summed E-state index contributed by atoms with van der Waals surface area (Å²) in [5, 5.41) is 2.71. The molecule has 120 valence electrons. The Labute approximate surface area is 128 Å². The van der Waals surface area contributed by atoms with E-state index in [0.29, 0.717) is 26.2 Å². The number of nitrogens with one attached hydrogen (secondary N) is 1. The number of halogens is 1. The Bertz CT molecular complexity index is 541. The van der Waals surface area contributed by atoms with Crippen molar-refractivity contribution in [2.75, 3.05) is 19.8 Å². The van der Waals surface area contributed by atoms with Crippen molar-refractivity contribution < 1.29 is 23.5 Å². The molecule has 0 spiro atoms. The molecule has 0 aromatic heterocycles. The van der Waals surface area contributed by atoms with Crippen LogP contribution in [0.25, 0.3) is 0 Å². The number of hydrogen-bond acceptors (Lipinski definition) is 4. The molecule has 0 atom stereocenters. The van der Waals surface area contributed by atoms with Crippen LogP contribution in [0.1, 0.15) is 36.5 Å². The Morgan fingerprint density at radius 2 is 1.91 bits per heavy atom. The molecule has 0 bridgehead atoms. The average molecular weight is 309 g/mol. The minimum atomic E-state index is -0.643. The Morgan fingerprint density at radius 3 is 2.59 bits per heavy atom. The Hall–Kier alpha value is -1.79. The molecule has 5 nitrogen and oxygen atoms in total. The average Bonchev–Trinajstić information content (AvgIpc) is 2.92. The summed E-state index contributed by atoms with van der Waals surface area (Å²) in [7, 11) is 0. The molecular formula is C16H20FNO4. The van der Waals surface area contributed by atoms with Crippen LogP contribution in [0.5, 0.6) is 0 Å². The zero-order chi connectivity index (χ0) is 16.0. The summed E-state index contributed by atoms with van der Waals surface area (Å²) in [5.74, 6) is -1.82. The largest absolute Gasteiger partial charge is 0.356 e. The molecule has 1 N–H and O–H groups in total. The summed E-state index contributed by atoms with van der Waals surface area (Å²) >= 11 is 0. The number of carbonyl (C=O) groups is 2. The van der Waals surface area contributed by atoms with Crippen molar-refractivity contribution in [3.63, 3.8) is 0 Å². The summed E-state index contributed by atoms with van der Waals surface area (Å²) in [5.41, 5.74) is 0.0237. The van der Waals surface area contributed by atoms with Crippen LogP contribution in [0, 0.1) is 5.82 Å². The van der Waals surface area contributed by atoms with Gasteiger partial charge in [-0.15, -0.1) is 0 Å². The monoisotopic (exact) mass is 309 g/mol. The van der Waals surface area contributed by atoms with Crippen molar-refractivity contribution in [2.45, 2.75) is 32.0 Å². The number of ether oxygens (including phenoxy) is 2. The van der Waals surface area contributed by atoms with Gasteiger partial charge in [0.2, 0.25) is 5.91 Å². The predicted molar refractivity (Wildman–Crippen MR) is 77.9 cm³/mol. The summed E-state index contributed by atoms with van der Waals surface area (Å²) < 4.78 is 24.3. The number of carbonyl (C=O) groups excluding carboxylic acids is 2. The second-order valence-corrected chi connectivity index (χ2v) is 5.33. The number of amides is 1. The molecule has 0 unspecified atom stereocenters. The molecule has 1 amide bonds. The van der Waals surface area contributed by atoms with Gasteiger partial charge in [-0.05, 0) is 19.1 Å². The van der Waals surface area contributed by atoms with Gasteiger partial charge < -0.3 is 14.8 Å². The van der Waals surface area contributed by atoms with E-state index in [1.54, 1.807) is 6.07 Å². The molecule has 6 heteroatoms. The highest BCUT2D eigenvalue weighted by atomic mass is 19.1. The highest BCUT2D eigenvalue weighted by molar-refractivity contribution is 5.98. The minimum Gasteiger partial charge on any atom is -0.356 e. The Kier molecular flexibility index (Phi) is 5.63. The van der Waals surface area contributed by atoms with E-state index in [1.807, 2.05) is 6.92 Å². The third-order valence-electron chi connectivity index (χ3n) is 3.55. The molecule has 1 heterocycles. The summed E-state index contributed by atoms with van der Waals surface area (Å²) in [4.78, 5) is 23.5. The molecule has 1 aromatic carbocycles. The van der Waals surface area contributed by atoms with Gasteiger partial charge in [0, 0.05) is 25.8 Å². The maximum Gasteiger partial charge on any atom is 0.220 e. The van der Waals surface area contributed by atoms with Crippen LogP contribution >= 0.6 is 0 Å². The lowest BCUT2D eigenvalue weighted by atomic mass is 10.1. The van der Waals surface area contributed by atoms with E-state index in [2.05, 4.69) is 5.32 Å². The number of rotatable bonds is 7. The first-order chi connectivity index (χ1) is 10.5. The zero-order valence-corrected chi connectivity index (χ0v) is 12.6. The summed E-state index contributed by atoms with van der Waals surface area (Å²) in [6, 6.07) is 5.77. The third-order valence-corrected chi connectivity index (χ3v) is 3.55.